The molecule has 3 rings (SSSR count). The number of nitrogens with one attached hydrogen (secondary N) is 1. The molecule has 2 atom stereocenters. The number of halogens is 1. The summed E-state index contributed by atoms with van der Waals surface area (Å²) >= 11 is 3.61. The molecule has 1 saturated carbocycles. The van der Waals surface area contributed by atoms with Gasteiger partial charge in [0.15, 0.2) is 0 Å². The maximum atomic E-state index is 5.85. The summed E-state index contributed by atoms with van der Waals surface area (Å²) in [7, 11) is 0. The third-order valence-corrected chi connectivity index (χ3v) is 4.46. The first kappa shape index (κ1) is 14.4. The fourth-order valence-corrected chi connectivity index (χ4v) is 3.25. The lowest BCUT2D eigenvalue weighted by Gasteiger charge is -2.38. The van der Waals surface area contributed by atoms with Gasteiger partial charge in [-0.3, -0.25) is 0 Å². The van der Waals surface area contributed by atoms with Crippen LogP contribution < -0.4 is 10.2 Å². The number of rotatable bonds is 4. The second-order valence-corrected chi connectivity index (χ2v) is 7.01. The molecule has 1 aromatic rings. The van der Waals surface area contributed by atoms with Crippen molar-refractivity contribution in [2.75, 3.05) is 18.0 Å². The Morgan fingerprint density at radius 2 is 1.95 bits per heavy atom. The van der Waals surface area contributed by atoms with Gasteiger partial charge >= 0.3 is 0 Å². The van der Waals surface area contributed by atoms with Crippen LogP contribution in [0, 0.1) is 0 Å². The molecule has 2 fully saturated rings. The number of morpholine rings is 1. The van der Waals surface area contributed by atoms with E-state index in [4.69, 9.17) is 4.74 Å². The van der Waals surface area contributed by atoms with Crippen molar-refractivity contribution in [3.63, 3.8) is 0 Å². The molecule has 1 aliphatic heterocycles. The van der Waals surface area contributed by atoms with Gasteiger partial charge in [-0.25, -0.2) is 0 Å². The van der Waals surface area contributed by atoms with Crippen molar-refractivity contribution in [2.24, 2.45) is 0 Å². The van der Waals surface area contributed by atoms with Gasteiger partial charge in [0.05, 0.1) is 12.2 Å². The number of nitrogens with zero attached hydrogens (tertiary/aromatic N) is 1. The Morgan fingerprint density at radius 3 is 2.60 bits per heavy atom. The Kier molecular flexibility index (Phi) is 4.34. The monoisotopic (exact) mass is 338 g/mol. The van der Waals surface area contributed by atoms with Gasteiger partial charge < -0.3 is 15.0 Å². The van der Waals surface area contributed by atoms with E-state index < -0.39 is 0 Å². The molecule has 3 nitrogen and oxygen atoms in total. The Labute approximate surface area is 129 Å². The summed E-state index contributed by atoms with van der Waals surface area (Å²) in [5, 5.41) is 3.62. The Bertz CT molecular complexity index is 466. The van der Waals surface area contributed by atoms with Crippen LogP contribution in [0.2, 0.25) is 0 Å². The SMILES string of the molecule is CC1CN(c2cc(Br)ccc2CNC2CC2)CC(C)O1. The molecule has 2 unspecified atom stereocenters. The van der Waals surface area contributed by atoms with E-state index in [0.717, 1.165) is 30.1 Å². The predicted octanol–water partition coefficient (Wildman–Crippen LogP) is 3.31. The first-order valence-corrected chi connectivity index (χ1v) is 8.33. The summed E-state index contributed by atoms with van der Waals surface area (Å²) in [6, 6.07) is 7.36. The van der Waals surface area contributed by atoms with E-state index in [-0.39, 0.29) is 0 Å². The zero-order valence-electron chi connectivity index (χ0n) is 12.2. The molecular formula is C16H23BrN2O. The van der Waals surface area contributed by atoms with Gasteiger partial charge in [-0.15, -0.1) is 0 Å². The van der Waals surface area contributed by atoms with E-state index in [1.807, 2.05) is 0 Å². The van der Waals surface area contributed by atoms with Crippen molar-refractivity contribution >= 4 is 21.6 Å². The highest BCUT2D eigenvalue weighted by Gasteiger charge is 2.25. The molecule has 0 amide bonds. The molecule has 110 valence electrons. The van der Waals surface area contributed by atoms with Gasteiger partial charge in [0, 0.05) is 35.8 Å². The van der Waals surface area contributed by atoms with Crippen LogP contribution in [0.5, 0.6) is 0 Å². The largest absolute Gasteiger partial charge is 0.372 e. The van der Waals surface area contributed by atoms with Crippen LogP contribution >= 0.6 is 15.9 Å². The number of hydrogen-bond acceptors (Lipinski definition) is 3. The van der Waals surface area contributed by atoms with Crippen LogP contribution in [0.25, 0.3) is 0 Å². The topological polar surface area (TPSA) is 24.5 Å². The lowest BCUT2D eigenvalue weighted by molar-refractivity contribution is -0.00526. The fourth-order valence-electron chi connectivity index (χ4n) is 2.90. The van der Waals surface area contributed by atoms with E-state index in [0.29, 0.717) is 12.2 Å². The second kappa shape index (κ2) is 6.04. The normalized spacial score (nSPS) is 26.9. The zero-order valence-corrected chi connectivity index (χ0v) is 13.8. The van der Waals surface area contributed by atoms with E-state index in [9.17, 15) is 0 Å². The zero-order chi connectivity index (χ0) is 14.1. The van der Waals surface area contributed by atoms with Gasteiger partial charge in [-0.05, 0) is 44.4 Å². The van der Waals surface area contributed by atoms with Crippen LogP contribution in [0.3, 0.4) is 0 Å². The molecule has 1 aliphatic carbocycles. The average molecular weight is 339 g/mol. The van der Waals surface area contributed by atoms with Gasteiger partial charge in [0.1, 0.15) is 0 Å². The van der Waals surface area contributed by atoms with Crippen molar-refractivity contribution in [1.29, 1.82) is 0 Å². The highest BCUT2D eigenvalue weighted by molar-refractivity contribution is 9.10. The first-order valence-electron chi connectivity index (χ1n) is 7.54. The quantitative estimate of drug-likeness (QED) is 0.911. The molecule has 1 saturated heterocycles. The van der Waals surface area contributed by atoms with Gasteiger partial charge in [0.25, 0.3) is 0 Å². The van der Waals surface area contributed by atoms with Gasteiger partial charge in [-0.2, -0.15) is 0 Å². The van der Waals surface area contributed by atoms with Crippen LogP contribution in [0.15, 0.2) is 22.7 Å². The average Bonchev–Trinajstić information content (AvgIpc) is 3.20. The molecule has 1 heterocycles. The molecule has 0 radical (unpaired) electrons. The second-order valence-electron chi connectivity index (χ2n) is 6.09. The molecule has 1 N–H and O–H groups in total. The minimum atomic E-state index is 0.293. The maximum Gasteiger partial charge on any atom is 0.0726 e. The smallest absolute Gasteiger partial charge is 0.0726 e. The van der Waals surface area contributed by atoms with Gasteiger partial charge in [-0.1, -0.05) is 22.0 Å². The predicted molar refractivity (Wildman–Crippen MR) is 86.2 cm³/mol. The van der Waals surface area contributed by atoms with Crippen molar-refractivity contribution in [3.8, 4) is 0 Å². The summed E-state index contributed by atoms with van der Waals surface area (Å²) in [6.07, 6.45) is 3.25. The summed E-state index contributed by atoms with van der Waals surface area (Å²) in [6.45, 7) is 7.22. The third kappa shape index (κ3) is 3.54. The molecular weight excluding hydrogens is 316 g/mol. The summed E-state index contributed by atoms with van der Waals surface area (Å²) in [4.78, 5) is 2.47. The Balaban J connectivity index is 1.79. The summed E-state index contributed by atoms with van der Waals surface area (Å²) in [5.41, 5.74) is 2.73. The molecule has 20 heavy (non-hydrogen) atoms. The Morgan fingerprint density at radius 1 is 1.25 bits per heavy atom. The van der Waals surface area contributed by atoms with Crippen molar-refractivity contribution in [1.82, 2.24) is 5.32 Å². The number of anilines is 1. The van der Waals surface area contributed by atoms with Crippen molar-refractivity contribution in [2.45, 2.75) is 51.5 Å². The molecule has 4 heteroatoms. The minimum Gasteiger partial charge on any atom is -0.372 e. The number of benzene rings is 1. The van der Waals surface area contributed by atoms with Crippen molar-refractivity contribution in [3.05, 3.63) is 28.2 Å². The highest BCUT2D eigenvalue weighted by atomic mass is 79.9. The minimum absolute atomic E-state index is 0.293. The standard InChI is InChI=1S/C16H23BrN2O/c1-11-9-19(10-12(2)20-11)16-7-14(17)4-3-13(16)8-18-15-5-6-15/h3-4,7,11-12,15,18H,5-6,8-10H2,1-2H3. The molecule has 0 bridgehead atoms. The van der Waals surface area contributed by atoms with Crippen LogP contribution in [0.1, 0.15) is 32.3 Å². The van der Waals surface area contributed by atoms with Crippen LogP contribution in [0.4, 0.5) is 5.69 Å². The third-order valence-electron chi connectivity index (χ3n) is 3.97. The van der Waals surface area contributed by atoms with E-state index >= 15 is 0 Å². The first-order chi connectivity index (χ1) is 9.61. The highest BCUT2D eigenvalue weighted by Crippen LogP contribution is 2.29. The number of ether oxygens (including phenoxy) is 1. The molecule has 0 spiro atoms. The van der Waals surface area contributed by atoms with Crippen LogP contribution in [-0.2, 0) is 11.3 Å². The lowest BCUT2D eigenvalue weighted by Crippen LogP contribution is -2.46. The summed E-state index contributed by atoms with van der Waals surface area (Å²) < 4.78 is 6.99. The molecule has 1 aromatic carbocycles. The van der Waals surface area contributed by atoms with Gasteiger partial charge in [0.2, 0.25) is 0 Å². The van der Waals surface area contributed by atoms with E-state index in [1.54, 1.807) is 0 Å². The fraction of sp³-hybridized carbons (Fsp3) is 0.625. The van der Waals surface area contributed by atoms with Crippen molar-refractivity contribution < 1.29 is 4.74 Å². The number of hydrogen-bond donors (Lipinski definition) is 1. The van der Waals surface area contributed by atoms with E-state index in [1.165, 1.54) is 24.1 Å². The van der Waals surface area contributed by atoms with Crippen LogP contribution in [-0.4, -0.2) is 31.3 Å². The Hall–Kier alpha value is -0.580. The summed E-state index contributed by atoms with van der Waals surface area (Å²) in [5.74, 6) is 0. The maximum absolute atomic E-state index is 5.85. The lowest BCUT2D eigenvalue weighted by atomic mass is 10.1. The molecule has 0 aromatic heterocycles. The van der Waals surface area contributed by atoms with E-state index in [2.05, 4.69) is 58.2 Å². The molecule has 2 aliphatic rings.